The lowest BCUT2D eigenvalue weighted by Gasteiger charge is -2.04. The van der Waals surface area contributed by atoms with Crippen LogP contribution in [0.4, 0.5) is 4.79 Å². The lowest BCUT2D eigenvalue weighted by molar-refractivity contribution is 0.240. The summed E-state index contributed by atoms with van der Waals surface area (Å²) >= 11 is 1.42. The number of carbonyl (C=O) groups excluding carboxylic acids is 1. The highest BCUT2D eigenvalue weighted by Gasteiger charge is 2.08. The molecular formula is C14H17N3O3S. The zero-order valence-corrected chi connectivity index (χ0v) is 12.4. The minimum atomic E-state index is -0.212. The maximum Gasteiger partial charge on any atom is 0.315 e. The third-order valence-corrected chi connectivity index (χ3v) is 3.61. The van der Waals surface area contributed by atoms with Crippen LogP contribution in [0.1, 0.15) is 18.4 Å². The minimum absolute atomic E-state index is 0.163. The van der Waals surface area contributed by atoms with Crippen LogP contribution in [0.5, 0.6) is 11.5 Å². The van der Waals surface area contributed by atoms with Crippen LogP contribution in [-0.4, -0.2) is 27.8 Å². The fraction of sp³-hybridized carbons (Fsp3) is 0.286. The Hall–Kier alpha value is -2.28. The number of nitrogens with zero attached hydrogens (tertiary/aromatic N) is 1. The smallest absolute Gasteiger partial charge is 0.315 e. The quantitative estimate of drug-likeness (QED) is 0.638. The van der Waals surface area contributed by atoms with Gasteiger partial charge < -0.3 is 20.8 Å². The number of nitrogens with one attached hydrogen (secondary N) is 2. The first-order valence-electron chi connectivity index (χ1n) is 6.58. The molecule has 0 bridgehead atoms. The van der Waals surface area contributed by atoms with E-state index in [2.05, 4.69) is 15.6 Å². The lowest BCUT2D eigenvalue weighted by atomic mass is 10.1. The summed E-state index contributed by atoms with van der Waals surface area (Å²) in [7, 11) is 0. The van der Waals surface area contributed by atoms with E-state index in [0.717, 1.165) is 11.4 Å². The number of phenolic OH excluding ortho intramolecular Hbond substituents is 2. The molecule has 2 rings (SSSR count). The Labute approximate surface area is 126 Å². The Bertz CT molecular complexity index is 628. The van der Waals surface area contributed by atoms with Gasteiger partial charge in [-0.05, 0) is 24.6 Å². The van der Waals surface area contributed by atoms with Gasteiger partial charge in [0.05, 0.1) is 12.2 Å². The first kappa shape index (κ1) is 15.1. The molecule has 0 aliphatic heterocycles. The number of benzene rings is 1. The number of carbonyl (C=O) groups is 1. The largest absolute Gasteiger partial charge is 0.504 e. The van der Waals surface area contributed by atoms with Crippen LogP contribution in [0, 0.1) is 0 Å². The molecule has 2 aromatic rings. The van der Waals surface area contributed by atoms with Crippen LogP contribution in [0.25, 0.3) is 11.3 Å². The van der Waals surface area contributed by atoms with Gasteiger partial charge in [0, 0.05) is 17.5 Å². The first-order chi connectivity index (χ1) is 10.1. The van der Waals surface area contributed by atoms with E-state index in [-0.39, 0.29) is 17.5 Å². The second kappa shape index (κ2) is 6.94. The van der Waals surface area contributed by atoms with Gasteiger partial charge in [-0.1, -0.05) is 6.92 Å². The predicted molar refractivity (Wildman–Crippen MR) is 81.4 cm³/mol. The van der Waals surface area contributed by atoms with Crippen molar-refractivity contribution in [1.29, 1.82) is 0 Å². The first-order valence-corrected chi connectivity index (χ1v) is 7.46. The van der Waals surface area contributed by atoms with Gasteiger partial charge >= 0.3 is 6.03 Å². The number of hydrogen-bond acceptors (Lipinski definition) is 5. The summed E-state index contributed by atoms with van der Waals surface area (Å²) in [5.41, 5.74) is 1.41. The second-order valence-electron chi connectivity index (χ2n) is 4.44. The van der Waals surface area contributed by atoms with Crippen molar-refractivity contribution < 1.29 is 15.0 Å². The van der Waals surface area contributed by atoms with Crippen molar-refractivity contribution in [2.45, 2.75) is 19.9 Å². The summed E-state index contributed by atoms with van der Waals surface area (Å²) in [6.07, 6.45) is 0.888. The maximum atomic E-state index is 11.4. The zero-order chi connectivity index (χ0) is 15.2. The van der Waals surface area contributed by atoms with Crippen molar-refractivity contribution in [1.82, 2.24) is 15.6 Å². The van der Waals surface area contributed by atoms with Crippen molar-refractivity contribution in [2.75, 3.05) is 6.54 Å². The number of aromatic nitrogens is 1. The SMILES string of the molecule is CCCNC(=O)NCc1nc(-c2ccc(O)c(O)c2)cs1. The number of phenols is 2. The minimum Gasteiger partial charge on any atom is -0.504 e. The molecule has 1 aromatic heterocycles. The Morgan fingerprint density at radius 1 is 1.29 bits per heavy atom. The van der Waals surface area contributed by atoms with Gasteiger partial charge in [-0.3, -0.25) is 0 Å². The average Bonchev–Trinajstić information content (AvgIpc) is 2.94. The maximum absolute atomic E-state index is 11.4. The number of amides is 2. The predicted octanol–water partition coefficient (Wildman–Crippen LogP) is 2.43. The van der Waals surface area contributed by atoms with Gasteiger partial charge in [0.1, 0.15) is 5.01 Å². The third-order valence-electron chi connectivity index (χ3n) is 2.76. The summed E-state index contributed by atoms with van der Waals surface area (Å²) in [5, 5.41) is 26.8. The lowest BCUT2D eigenvalue weighted by Crippen LogP contribution is -2.35. The standard InChI is InChI=1S/C14H17N3O3S/c1-2-5-15-14(20)16-7-13-17-10(8-21-13)9-3-4-11(18)12(19)6-9/h3-4,6,8,18-19H,2,5,7H2,1H3,(H2,15,16,20). The highest BCUT2D eigenvalue weighted by Crippen LogP contribution is 2.30. The Morgan fingerprint density at radius 3 is 2.81 bits per heavy atom. The molecule has 0 unspecified atom stereocenters. The highest BCUT2D eigenvalue weighted by molar-refractivity contribution is 7.09. The molecule has 112 valence electrons. The summed E-state index contributed by atoms with van der Waals surface area (Å²) in [6.45, 7) is 2.98. The Kier molecular flexibility index (Phi) is 4.99. The fourth-order valence-corrected chi connectivity index (χ4v) is 2.41. The molecule has 4 N–H and O–H groups in total. The third kappa shape index (κ3) is 4.09. The van der Waals surface area contributed by atoms with Crippen LogP contribution in [0.3, 0.4) is 0 Å². The topological polar surface area (TPSA) is 94.5 Å². The van der Waals surface area contributed by atoms with Crippen molar-refractivity contribution >= 4 is 17.4 Å². The summed E-state index contributed by atoms with van der Waals surface area (Å²) in [5.74, 6) is -0.345. The molecule has 0 saturated heterocycles. The number of rotatable bonds is 5. The van der Waals surface area contributed by atoms with E-state index in [0.29, 0.717) is 24.3 Å². The van der Waals surface area contributed by atoms with Gasteiger partial charge in [-0.25, -0.2) is 9.78 Å². The van der Waals surface area contributed by atoms with Crippen molar-refractivity contribution in [3.8, 4) is 22.8 Å². The zero-order valence-electron chi connectivity index (χ0n) is 11.6. The van der Waals surface area contributed by atoms with E-state index in [1.807, 2.05) is 12.3 Å². The summed E-state index contributed by atoms with van der Waals surface area (Å²) < 4.78 is 0. The number of aromatic hydroxyl groups is 2. The highest BCUT2D eigenvalue weighted by atomic mass is 32.1. The molecule has 21 heavy (non-hydrogen) atoms. The Balaban J connectivity index is 1.98. The molecule has 7 heteroatoms. The van der Waals surface area contributed by atoms with Crippen LogP contribution in [-0.2, 0) is 6.54 Å². The molecule has 0 atom stereocenters. The number of hydrogen-bond donors (Lipinski definition) is 4. The fourth-order valence-electron chi connectivity index (χ4n) is 1.66. The monoisotopic (exact) mass is 307 g/mol. The van der Waals surface area contributed by atoms with E-state index in [4.69, 9.17) is 0 Å². The van der Waals surface area contributed by atoms with Crippen LogP contribution in [0.15, 0.2) is 23.6 Å². The molecule has 0 aliphatic rings. The van der Waals surface area contributed by atoms with Gasteiger partial charge in [0.25, 0.3) is 0 Å². The molecule has 1 heterocycles. The van der Waals surface area contributed by atoms with Gasteiger partial charge in [-0.15, -0.1) is 11.3 Å². The number of thiazole rings is 1. The van der Waals surface area contributed by atoms with E-state index in [9.17, 15) is 15.0 Å². The van der Waals surface area contributed by atoms with Gasteiger partial charge in [-0.2, -0.15) is 0 Å². The molecule has 6 nitrogen and oxygen atoms in total. The van der Waals surface area contributed by atoms with Crippen LogP contribution >= 0.6 is 11.3 Å². The van der Waals surface area contributed by atoms with Crippen LogP contribution < -0.4 is 10.6 Å². The summed E-state index contributed by atoms with van der Waals surface area (Å²) in [6, 6.07) is 4.33. The second-order valence-corrected chi connectivity index (χ2v) is 5.38. The van der Waals surface area contributed by atoms with Crippen molar-refractivity contribution in [3.63, 3.8) is 0 Å². The normalized spacial score (nSPS) is 10.3. The molecule has 0 radical (unpaired) electrons. The van der Waals surface area contributed by atoms with Gasteiger partial charge in [0.2, 0.25) is 0 Å². The van der Waals surface area contributed by atoms with E-state index in [1.54, 1.807) is 6.07 Å². The molecular weight excluding hydrogens is 290 g/mol. The van der Waals surface area contributed by atoms with Crippen molar-refractivity contribution in [2.24, 2.45) is 0 Å². The molecule has 2 amide bonds. The van der Waals surface area contributed by atoms with Gasteiger partial charge in [0.15, 0.2) is 11.5 Å². The summed E-state index contributed by atoms with van der Waals surface area (Å²) in [4.78, 5) is 15.8. The average molecular weight is 307 g/mol. The molecule has 0 aliphatic carbocycles. The molecule has 0 fully saturated rings. The molecule has 0 spiro atoms. The van der Waals surface area contributed by atoms with E-state index in [1.165, 1.54) is 23.5 Å². The number of urea groups is 1. The molecule has 0 saturated carbocycles. The van der Waals surface area contributed by atoms with E-state index < -0.39 is 0 Å². The molecule has 1 aromatic carbocycles. The van der Waals surface area contributed by atoms with Crippen molar-refractivity contribution in [3.05, 3.63) is 28.6 Å². The van der Waals surface area contributed by atoms with Crippen LogP contribution in [0.2, 0.25) is 0 Å². The van der Waals surface area contributed by atoms with E-state index >= 15 is 0 Å². The Morgan fingerprint density at radius 2 is 2.10 bits per heavy atom.